The Bertz CT molecular complexity index is 3840. The Labute approximate surface area is 380 Å². The van der Waals surface area contributed by atoms with Gasteiger partial charge in [-0.2, -0.15) is 0 Å². The van der Waals surface area contributed by atoms with Gasteiger partial charge in [0.15, 0.2) is 17.5 Å². The Morgan fingerprint density at radius 1 is 0.354 bits per heavy atom. The van der Waals surface area contributed by atoms with E-state index in [1.807, 2.05) is 18.2 Å². The molecule has 0 N–H and O–H groups in total. The third-order valence-corrected chi connectivity index (χ3v) is 14.5. The van der Waals surface area contributed by atoms with Gasteiger partial charge in [0.25, 0.3) is 0 Å². The zero-order valence-electron chi connectivity index (χ0n) is 35.7. The summed E-state index contributed by atoms with van der Waals surface area (Å²) in [7, 11) is 0. The van der Waals surface area contributed by atoms with Gasteiger partial charge in [-0.25, -0.2) is 15.0 Å². The van der Waals surface area contributed by atoms with Crippen molar-refractivity contribution in [3.63, 3.8) is 0 Å². The highest BCUT2D eigenvalue weighted by Crippen LogP contribution is 2.50. The summed E-state index contributed by atoms with van der Waals surface area (Å²) in [6, 6.07) is 71.3. The molecule has 4 nitrogen and oxygen atoms in total. The maximum Gasteiger partial charge on any atom is 0.164 e. The Morgan fingerprint density at radius 2 is 0.892 bits per heavy atom. The van der Waals surface area contributed by atoms with Gasteiger partial charge in [0.05, 0.1) is 0 Å². The van der Waals surface area contributed by atoms with Crippen LogP contribution in [0.15, 0.2) is 205 Å². The predicted octanol–water partition coefficient (Wildman–Crippen LogP) is 16.4. The molecule has 306 valence electrons. The van der Waals surface area contributed by atoms with Gasteiger partial charge in [0.1, 0.15) is 11.2 Å². The molecule has 0 fully saturated rings. The van der Waals surface area contributed by atoms with E-state index in [9.17, 15) is 0 Å². The summed E-state index contributed by atoms with van der Waals surface area (Å²) in [4.78, 5) is 15.9. The first kappa shape index (κ1) is 37.6. The zero-order valence-corrected chi connectivity index (χ0v) is 36.5. The van der Waals surface area contributed by atoms with Crippen LogP contribution in [0.1, 0.15) is 25.0 Å². The molecule has 0 amide bonds. The van der Waals surface area contributed by atoms with Crippen molar-refractivity contribution in [2.75, 3.05) is 0 Å². The van der Waals surface area contributed by atoms with Gasteiger partial charge in [0, 0.05) is 53.1 Å². The Balaban J connectivity index is 0.930. The van der Waals surface area contributed by atoms with Crippen LogP contribution >= 0.6 is 11.3 Å². The topological polar surface area (TPSA) is 51.8 Å². The maximum atomic E-state index is 6.57. The Hall–Kier alpha value is -7.99. The average Bonchev–Trinajstić information content (AvgIpc) is 4.01. The monoisotopic (exact) mass is 849 g/mol. The van der Waals surface area contributed by atoms with E-state index in [2.05, 4.69) is 196 Å². The molecular formula is C60H39N3OS. The second kappa shape index (κ2) is 14.5. The molecule has 1 aliphatic carbocycles. The van der Waals surface area contributed by atoms with Crippen molar-refractivity contribution in [1.82, 2.24) is 15.0 Å². The number of furan rings is 1. The van der Waals surface area contributed by atoms with E-state index in [1.54, 1.807) is 11.3 Å². The lowest BCUT2D eigenvalue weighted by Gasteiger charge is -2.21. The summed E-state index contributed by atoms with van der Waals surface area (Å²) in [6.45, 7) is 4.65. The van der Waals surface area contributed by atoms with Crippen molar-refractivity contribution in [1.29, 1.82) is 0 Å². The Kier molecular flexibility index (Phi) is 8.39. The van der Waals surface area contributed by atoms with Crippen molar-refractivity contribution in [3.05, 3.63) is 211 Å². The molecule has 9 aromatic carbocycles. The van der Waals surface area contributed by atoms with E-state index in [1.165, 1.54) is 48.2 Å². The fourth-order valence-electron chi connectivity index (χ4n) is 10.1. The van der Waals surface area contributed by atoms with E-state index in [0.717, 1.165) is 66.3 Å². The molecule has 5 heteroatoms. The largest absolute Gasteiger partial charge is 0.456 e. The molecule has 0 bridgehead atoms. The zero-order chi connectivity index (χ0) is 43.2. The summed E-state index contributed by atoms with van der Waals surface area (Å²) < 4.78 is 9.00. The summed E-state index contributed by atoms with van der Waals surface area (Å²) >= 11 is 1.79. The van der Waals surface area contributed by atoms with Crippen LogP contribution in [-0.4, -0.2) is 15.0 Å². The lowest BCUT2D eigenvalue weighted by molar-refractivity contribution is 0.660. The van der Waals surface area contributed by atoms with Crippen LogP contribution in [0.4, 0.5) is 0 Å². The summed E-state index contributed by atoms with van der Waals surface area (Å²) in [6.07, 6.45) is 0. The van der Waals surface area contributed by atoms with Gasteiger partial charge in [-0.3, -0.25) is 0 Å². The van der Waals surface area contributed by atoms with Gasteiger partial charge in [-0.15, -0.1) is 11.3 Å². The molecule has 0 saturated heterocycles. The molecule has 0 aliphatic heterocycles. The van der Waals surface area contributed by atoms with E-state index in [-0.39, 0.29) is 5.41 Å². The van der Waals surface area contributed by atoms with Crippen molar-refractivity contribution >= 4 is 53.4 Å². The van der Waals surface area contributed by atoms with Crippen molar-refractivity contribution < 1.29 is 4.42 Å². The van der Waals surface area contributed by atoms with Crippen LogP contribution in [0.25, 0.3) is 121 Å². The molecule has 12 aromatic rings. The number of hydrogen-bond acceptors (Lipinski definition) is 5. The molecule has 0 spiro atoms. The number of rotatable bonds is 6. The van der Waals surface area contributed by atoms with E-state index < -0.39 is 0 Å². The molecule has 13 rings (SSSR count). The molecule has 3 aromatic heterocycles. The van der Waals surface area contributed by atoms with Crippen LogP contribution in [-0.2, 0) is 5.41 Å². The van der Waals surface area contributed by atoms with Crippen LogP contribution in [0.3, 0.4) is 0 Å². The summed E-state index contributed by atoms with van der Waals surface area (Å²) in [5, 5.41) is 4.34. The SMILES string of the molecule is CC1(C)c2ccccc2-c2cc(-c3ccc(-c4ccc5oc6cccc(-c7nc(-c8ccc(-c9ccccc9)cc8)nc(-c8cccc9sc%10ccccc%10c89)n7)c6c5c4)cc3)ccc21. The van der Waals surface area contributed by atoms with Gasteiger partial charge < -0.3 is 4.42 Å². The first-order valence-corrected chi connectivity index (χ1v) is 22.9. The van der Waals surface area contributed by atoms with Crippen molar-refractivity contribution in [2.45, 2.75) is 19.3 Å². The fraction of sp³-hybridized carbons (Fsp3) is 0.0500. The van der Waals surface area contributed by atoms with Crippen molar-refractivity contribution in [2.24, 2.45) is 0 Å². The minimum atomic E-state index is -0.0126. The molecule has 0 saturated carbocycles. The highest BCUT2D eigenvalue weighted by molar-refractivity contribution is 7.25. The van der Waals surface area contributed by atoms with Gasteiger partial charge in [0.2, 0.25) is 0 Å². The van der Waals surface area contributed by atoms with Gasteiger partial charge in [-0.05, 0) is 92.0 Å². The third-order valence-electron chi connectivity index (χ3n) is 13.4. The smallest absolute Gasteiger partial charge is 0.164 e. The van der Waals surface area contributed by atoms with E-state index in [4.69, 9.17) is 19.4 Å². The quantitative estimate of drug-likeness (QED) is 0.167. The number of aromatic nitrogens is 3. The highest BCUT2D eigenvalue weighted by Gasteiger charge is 2.35. The van der Waals surface area contributed by atoms with Crippen molar-refractivity contribution in [3.8, 4) is 78.7 Å². The number of nitrogens with zero attached hydrogens (tertiary/aromatic N) is 3. The lowest BCUT2D eigenvalue weighted by Crippen LogP contribution is -2.14. The van der Waals surface area contributed by atoms with Crippen LogP contribution in [0.2, 0.25) is 0 Å². The average molecular weight is 850 g/mol. The molecule has 3 heterocycles. The minimum absolute atomic E-state index is 0.0126. The molecule has 0 atom stereocenters. The van der Waals surface area contributed by atoms with Crippen LogP contribution < -0.4 is 0 Å². The minimum Gasteiger partial charge on any atom is -0.456 e. The molecular weight excluding hydrogens is 811 g/mol. The fourth-order valence-corrected chi connectivity index (χ4v) is 11.2. The van der Waals surface area contributed by atoms with Crippen LogP contribution in [0.5, 0.6) is 0 Å². The highest BCUT2D eigenvalue weighted by atomic mass is 32.1. The molecule has 1 aliphatic rings. The first-order valence-electron chi connectivity index (χ1n) is 22.1. The molecule has 65 heavy (non-hydrogen) atoms. The standard InChI is InChI=1S/C60H39N3OS/c1-60(2)49-18-8-6-14-43(49)47-34-41(30-32-50(47)60)38-22-24-39(25-23-38)42-31-33-51-48(35-42)55-45(16-10-19-52(55)64-51)58-61-57(40-28-26-37(27-29-40)36-12-4-3-5-13-36)62-59(63-58)46-17-11-21-54-56(46)44-15-7-9-20-53(44)65-54/h3-35H,1-2H3. The van der Waals surface area contributed by atoms with Gasteiger partial charge >= 0.3 is 0 Å². The van der Waals surface area contributed by atoms with E-state index in [0.29, 0.717) is 17.5 Å². The second-order valence-corrected chi connectivity index (χ2v) is 18.6. The maximum absolute atomic E-state index is 6.57. The van der Waals surface area contributed by atoms with E-state index >= 15 is 0 Å². The normalized spacial score (nSPS) is 12.9. The predicted molar refractivity (Wildman–Crippen MR) is 270 cm³/mol. The summed E-state index contributed by atoms with van der Waals surface area (Å²) in [5.74, 6) is 1.84. The summed E-state index contributed by atoms with van der Waals surface area (Å²) in [5.41, 5.74) is 16.8. The second-order valence-electron chi connectivity index (χ2n) is 17.5. The number of thiophene rings is 1. The first-order chi connectivity index (χ1) is 31.9. The third kappa shape index (κ3) is 6.07. The number of fused-ring (bicyclic) bond motifs is 9. The Morgan fingerprint density at radius 3 is 1.68 bits per heavy atom. The lowest BCUT2D eigenvalue weighted by atomic mass is 9.82. The van der Waals surface area contributed by atoms with Gasteiger partial charge in [-0.1, -0.05) is 178 Å². The number of benzene rings is 9. The van der Waals surface area contributed by atoms with Crippen LogP contribution in [0, 0.1) is 0 Å². The molecule has 0 radical (unpaired) electrons. The number of hydrogen-bond donors (Lipinski definition) is 0. The molecule has 0 unspecified atom stereocenters.